The first-order chi connectivity index (χ1) is 8.81. The molecule has 4 nitrogen and oxygen atoms in total. The zero-order valence-electron chi connectivity index (χ0n) is 10.6. The van der Waals surface area contributed by atoms with Gasteiger partial charge in [-0.15, -0.1) is 0 Å². The molecule has 3 unspecified atom stereocenters. The van der Waals surface area contributed by atoms with Crippen LogP contribution in [0.2, 0.25) is 0 Å². The van der Waals surface area contributed by atoms with Gasteiger partial charge in [0, 0.05) is 6.20 Å². The molecule has 94 valence electrons. The number of pyridine rings is 1. The van der Waals surface area contributed by atoms with Crippen molar-refractivity contribution in [2.75, 3.05) is 6.54 Å². The molecular weight excluding hydrogens is 224 g/mol. The normalized spacial score (nSPS) is 31.1. The molecule has 2 N–H and O–H groups in total. The molecule has 0 amide bonds. The lowest BCUT2D eigenvalue weighted by molar-refractivity contribution is 0.410. The van der Waals surface area contributed by atoms with Crippen LogP contribution in [0.5, 0.6) is 0 Å². The molecule has 1 saturated carbocycles. The van der Waals surface area contributed by atoms with Crippen LogP contribution in [-0.2, 0) is 0 Å². The van der Waals surface area contributed by atoms with E-state index in [0.717, 1.165) is 35.4 Å². The lowest BCUT2D eigenvalue weighted by atomic mass is 9.94. The summed E-state index contributed by atoms with van der Waals surface area (Å²) in [4.78, 5) is 12.5. The van der Waals surface area contributed by atoms with Crippen LogP contribution in [0, 0.1) is 18.8 Å². The minimum Gasteiger partial charge on any atom is -0.339 e. The topological polar surface area (TPSA) is 53.6 Å². The maximum atomic E-state index is 4.67. The van der Waals surface area contributed by atoms with Gasteiger partial charge in [-0.25, -0.2) is 9.97 Å². The molecule has 1 aliphatic carbocycles. The maximum absolute atomic E-state index is 4.67. The van der Waals surface area contributed by atoms with E-state index in [1.54, 1.807) is 0 Å². The fraction of sp³-hybridized carbons (Fsp3) is 0.571. The highest BCUT2D eigenvalue weighted by atomic mass is 15.1. The monoisotopic (exact) mass is 242 g/mol. The zero-order chi connectivity index (χ0) is 12.1. The van der Waals surface area contributed by atoms with Gasteiger partial charge in [0.25, 0.3) is 0 Å². The highest BCUT2D eigenvalue weighted by molar-refractivity contribution is 5.71. The zero-order valence-corrected chi connectivity index (χ0v) is 10.6. The van der Waals surface area contributed by atoms with Crippen molar-refractivity contribution in [3.05, 3.63) is 23.7 Å². The Hall–Kier alpha value is -1.42. The molecule has 0 aromatic carbocycles. The van der Waals surface area contributed by atoms with Crippen molar-refractivity contribution in [1.82, 2.24) is 20.3 Å². The summed E-state index contributed by atoms with van der Waals surface area (Å²) in [6.07, 6.45) is 5.98. The van der Waals surface area contributed by atoms with E-state index >= 15 is 0 Å². The van der Waals surface area contributed by atoms with Gasteiger partial charge in [0.15, 0.2) is 5.65 Å². The average Bonchev–Trinajstić information content (AvgIpc) is 3.00. The van der Waals surface area contributed by atoms with E-state index in [1.807, 2.05) is 6.20 Å². The van der Waals surface area contributed by atoms with E-state index in [-0.39, 0.29) is 0 Å². The number of nitrogens with one attached hydrogen (secondary N) is 2. The Bertz CT molecular complexity index is 588. The summed E-state index contributed by atoms with van der Waals surface area (Å²) in [5.74, 6) is 2.71. The molecule has 3 heterocycles. The van der Waals surface area contributed by atoms with Crippen LogP contribution in [0.3, 0.4) is 0 Å². The Labute approximate surface area is 106 Å². The molecule has 2 aliphatic rings. The molecule has 0 bridgehead atoms. The lowest BCUT2D eigenvalue weighted by Crippen LogP contribution is -2.19. The van der Waals surface area contributed by atoms with E-state index < -0.39 is 0 Å². The van der Waals surface area contributed by atoms with Crippen molar-refractivity contribution in [3.63, 3.8) is 0 Å². The number of H-pyrrole nitrogens is 1. The Morgan fingerprint density at radius 3 is 3.22 bits per heavy atom. The molecule has 2 aromatic rings. The fourth-order valence-electron chi connectivity index (χ4n) is 3.66. The highest BCUT2D eigenvalue weighted by Gasteiger charge is 2.40. The van der Waals surface area contributed by atoms with Gasteiger partial charge in [-0.2, -0.15) is 0 Å². The van der Waals surface area contributed by atoms with Crippen molar-refractivity contribution in [1.29, 1.82) is 0 Å². The second-order valence-corrected chi connectivity index (χ2v) is 5.75. The van der Waals surface area contributed by atoms with Gasteiger partial charge >= 0.3 is 0 Å². The Morgan fingerprint density at radius 1 is 1.33 bits per heavy atom. The SMILES string of the molecule is Cc1cnc2nc(C3NCC4CCCC43)[nH]c2c1. The number of nitrogens with zero attached hydrogens (tertiary/aromatic N) is 2. The Balaban J connectivity index is 1.74. The largest absolute Gasteiger partial charge is 0.339 e. The summed E-state index contributed by atoms with van der Waals surface area (Å²) in [7, 11) is 0. The third-order valence-corrected chi connectivity index (χ3v) is 4.53. The predicted octanol–water partition coefficient (Wildman–Crippen LogP) is 2.33. The number of rotatable bonds is 1. The first kappa shape index (κ1) is 10.5. The van der Waals surface area contributed by atoms with E-state index in [0.29, 0.717) is 6.04 Å². The van der Waals surface area contributed by atoms with Crippen LogP contribution < -0.4 is 5.32 Å². The van der Waals surface area contributed by atoms with Crippen LogP contribution in [-0.4, -0.2) is 21.5 Å². The molecule has 3 atom stereocenters. The fourth-order valence-corrected chi connectivity index (χ4v) is 3.66. The number of aromatic nitrogens is 3. The van der Waals surface area contributed by atoms with Crippen LogP contribution in [0.15, 0.2) is 12.3 Å². The van der Waals surface area contributed by atoms with Crippen LogP contribution >= 0.6 is 0 Å². The second kappa shape index (κ2) is 3.79. The third-order valence-electron chi connectivity index (χ3n) is 4.53. The van der Waals surface area contributed by atoms with E-state index in [9.17, 15) is 0 Å². The molecule has 18 heavy (non-hydrogen) atoms. The van der Waals surface area contributed by atoms with Crippen molar-refractivity contribution in [2.45, 2.75) is 32.2 Å². The predicted molar refractivity (Wildman–Crippen MR) is 70.2 cm³/mol. The molecule has 2 fully saturated rings. The smallest absolute Gasteiger partial charge is 0.177 e. The average molecular weight is 242 g/mol. The van der Waals surface area contributed by atoms with Gasteiger partial charge in [-0.3, -0.25) is 0 Å². The maximum Gasteiger partial charge on any atom is 0.177 e. The lowest BCUT2D eigenvalue weighted by Gasteiger charge is -2.15. The minimum atomic E-state index is 0.409. The van der Waals surface area contributed by atoms with E-state index in [2.05, 4.69) is 33.3 Å². The first-order valence-electron chi connectivity index (χ1n) is 6.87. The molecule has 0 spiro atoms. The van der Waals surface area contributed by atoms with E-state index in [1.165, 1.54) is 24.8 Å². The third kappa shape index (κ3) is 1.48. The van der Waals surface area contributed by atoms with Gasteiger partial charge in [-0.1, -0.05) is 6.42 Å². The quantitative estimate of drug-likeness (QED) is 0.807. The molecule has 4 rings (SSSR count). The number of hydrogen-bond acceptors (Lipinski definition) is 3. The van der Waals surface area contributed by atoms with E-state index in [4.69, 9.17) is 0 Å². The molecule has 4 heteroatoms. The summed E-state index contributed by atoms with van der Waals surface area (Å²) in [5, 5.41) is 3.63. The van der Waals surface area contributed by atoms with Crippen LogP contribution in [0.25, 0.3) is 11.2 Å². The Morgan fingerprint density at radius 2 is 2.28 bits per heavy atom. The second-order valence-electron chi connectivity index (χ2n) is 5.75. The van der Waals surface area contributed by atoms with Gasteiger partial charge in [0.05, 0.1) is 11.6 Å². The van der Waals surface area contributed by atoms with Gasteiger partial charge in [0.1, 0.15) is 5.82 Å². The minimum absolute atomic E-state index is 0.409. The van der Waals surface area contributed by atoms with Crippen molar-refractivity contribution in [2.24, 2.45) is 11.8 Å². The van der Waals surface area contributed by atoms with Crippen LogP contribution in [0.4, 0.5) is 0 Å². The van der Waals surface area contributed by atoms with Crippen molar-refractivity contribution >= 4 is 11.2 Å². The van der Waals surface area contributed by atoms with Crippen molar-refractivity contribution < 1.29 is 0 Å². The summed E-state index contributed by atoms with van der Waals surface area (Å²) in [6, 6.07) is 2.53. The molecule has 0 radical (unpaired) electrons. The number of imidazole rings is 1. The first-order valence-corrected chi connectivity index (χ1v) is 6.87. The van der Waals surface area contributed by atoms with Crippen LogP contribution in [0.1, 0.15) is 36.7 Å². The molecular formula is C14H18N4. The highest BCUT2D eigenvalue weighted by Crippen LogP contribution is 2.43. The van der Waals surface area contributed by atoms with Gasteiger partial charge in [-0.05, 0) is 49.8 Å². The summed E-state index contributed by atoms with van der Waals surface area (Å²) in [5.41, 5.74) is 3.09. The standard InChI is InChI=1S/C14H18N4/c1-8-5-11-13(16-6-8)18-14(17-11)12-10-4-2-3-9(10)7-15-12/h5-6,9-10,12,15H,2-4,7H2,1H3,(H,16,17,18). The number of aromatic amines is 1. The molecule has 1 saturated heterocycles. The Kier molecular flexibility index (Phi) is 2.21. The summed E-state index contributed by atoms with van der Waals surface area (Å²) < 4.78 is 0. The summed E-state index contributed by atoms with van der Waals surface area (Å²) in [6.45, 7) is 3.21. The van der Waals surface area contributed by atoms with Crippen molar-refractivity contribution in [3.8, 4) is 0 Å². The molecule has 2 aromatic heterocycles. The molecule has 1 aliphatic heterocycles. The van der Waals surface area contributed by atoms with Gasteiger partial charge in [0.2, 0.25) is 0 Å². The number of fused-ring (bicyclic) bond motifs is 2. The van der Waals surface area contributed by atoms with Gasteiger partial charge < -0.3 is 10.3 Å². The number of hydrogen-bond donors (Lipinski definition) is 2. The summed E-state index contributed by atoms with van der Waals surface area (Å²) >= 11 is 0. The number of aryl methyl sites for hydroxylation is 1.